The van der Waals surface area contributed by atoms with Crippen LogP contribution in [-0.2, 0) is 4.79 Å². The molecule has 0 radical (unpaired) electrons. The molecule has 2 atom stereocenters. The third-order valence-corrected chi connectivity index (χ3v) is 8.58. The maximum Gasteiger partial charge on any atom is 0.227 e. The molecule has 0 aliphatic carbocycles. The lowest BCUT2D eigenvalue weighted by Gasteiger charge is -2.42. The number of fused-ring (bicyclic) bond motifs is 1. The smallest absolute Gasteiger partial charge is 0.227 e. The summed E-state index contributed by atoms with van der Waals surface area (Å²) in [7, 11) is 0. The fourth-order valence-corrected chi connectivity index (χ4v) is 6.50. The number of amides is 1. The van der Waals surface area contributed by atoms with Gasteiger partial charge in [0.15, 0.2) is 0 Å². The topological polar surface area (TPSA) is 69.1 Å². The molecule has 3 aromatic carbocycles. The predicted octanol–water partition coefficient (Wildman–Crippen LogP) is 4.62. The van der Waals surface area contributed by atoms with Gasteiger partial charge in [0, 0.05) is 50.9 Å². The van der Waals surface area contributed by atoms with Gasteiger partial charge in [-0.05, 0) is 54.8 Å². The Kier molecular flexibility index (Phi) is 9.09. The van der Waals surface area contributed by atoms with Gasteiger partial charge in [-0.15, -0.1) is 0 Å². The first-order valence-corrected chi connectivity index (χ1v) is 15.2. The Morgan fingerprint density at radius 3 is 2.29 bits per heavy atom. The van der Waals surface area contributed by atoms with Crippen LogP contribution in [0.1, 0.15) is 30.0 Å². The maximum atomic E-state index is 13.6. The number of nitrogens with zero attached hydrogens (tertiary/aromatic N) is 4. The van der Waals surface area contributed by atoms with Crippen LogP contribution < -0.4 is 4.74 Å². The molecule has 1 N–H and O–H groups in total. The van der Waals surface area contributed by atoms with Crippen molar-refractivity contribution in [1.29, 1.82) is 0 Å². The van der Waals surface area contributed by atoms with Gasteiger partial charge in [0.2, 0.25) is 5.91 Å². The molecule has 2 fully saturated rings. The summed E-state index contributed by atoms with van der Waals surface area (Å²) >= 11 is 0. The molecule has 42 heavy (non-hydrogen) atoms. The van der Waals surface area contributed by atoms with Crippen LogP contribution in [-0.4, -0.2) is 89.2 Å². The van der Waals surface area contributed by atoms with Gasteiger partial charge in [-0.25, -0.2) is 0 Å². The molecular formula is C35H40N4O3. The zero-order valence-corrected chi connectivity index (χ0v) is 24.1. The summed E-state index contributed by atoms with van der Waals surface area (Å²) in [5.74, 6) is 0.957. The summed E-state index contributed by atoms with van der Waals surface area (Å²) in [4.78, 5) is 24.8. The molecule has 1 amide bonds. The van der Waals surface area contributed by atoms with Crippen LogP contribution in [0.25, 0.3) is 10.9 Å². The highest BCUT2D eigenvalue weighted by atomic mass is 16.5. The number of aliphatic hydroxyl groups excluding tert-OH is 1. The van der Waals surface area contributed by atoms with Crippen molar-refractivity contribution in [3.63, 3.8) is 0 Å². The molecule has 7 heteroatoms. The van der Waals surface area contributed by atoms with E-state index in [-0.39, 0.29) is 24.5 Å². The van der Waals surface area contributed by atoms with Crippen LogP contribution in [0.5, 0.6) is 5.75 Å². The van der Waals surface area contributed by atoms with Crippen LogP contribution in [0.4, 0.5) is 0 Å². The average molecular weight is 565 g/mol. The molecule has 2 aliphatic rings. The summed E-state index contributed by atoms with van der Waals surface area (Å²) in [6.07, 6.45) is 2.99. The van der Waals surface area contributed by atoms with Crippen molar-refractivity contribution >= 4 is 16.8 Å². The highest BCUT2D eigenvalue weighted by Gasteiger charge is 2.33. The zero-order valence-electron chi connectivity index (χ0n) is 24.1. The number of rotatable bonds is 9. The van der Waals surface area contributed by atoms with Gasteiger partial charge in [-0.1, -0.05) is 66.7 Å². The standard InChI is InChI=1S/C35H40N4O3/c40-30(26-42-33-17-7-16-32-31(33)15-8-18-36-32)25-37-19-9-14-29(24-37)35(41)39-22-20-38(21-23-39)34(27-10-3-1-4-11-27)28-12-5-2-6-13-28/h1-8,10-13,15-18,29-30,34,40H,9,14,19-26H2. The van der Waals surface area contributed by atoms with E-state index in [1.165, 1.54) is 11.1 Å². The summed E-state index contributed by atoms with van der Waals surface area (Å²) in [5.41, 5.74) is 3.44. The first kappa shape index (κ1) is 28.3. The van der Waals surface area contributed by atoms with Crippen LogP contribution in [0.3, 0.4) is 0 Å². The lowest BCUT2D eigenvalue weighted by Crippen LogP contribution is -2.53. The van der Waals surface area contributed by atoms with Crippen molar-refractivity contribution in [2.45, 2.75) is 25.0 Å². The molecule has 4 aromatic rings. The van der Waals surface area contributed by atoms with Gasteiger partial charge in [-0.2, -0.15) is 0 Å². The Labute approximate surface area is 248 Å². The van der Waals surface area contributed by atoms with Crippen LogP contribution in [0.15, 0.2) is 97.2 Å². The number of ether oxygens (including phenoxy) is 1. The van der Waals surface area contributed by atoms with E-state index in [0.717, 1.165) is 62.2 Å². The third-order valence-electron chi connectivity index (χ3n) is 8.58. The third kappa shape index (κ3) is 6.65. The van der Waals surface area contributed by atoms with Crippen LogP contribution >= 0.6 is 0 Å². The van der Waals surface area contributed by atoms with E-state index >= 15 is 0 Å². The van der Waals surface area contributed by atoms with E-state index in [1.54, 1.807) is 6.20 Å². The number of likely N-dealkylation sites (tertiary alicyclic amines) is 1. The highest BCUT2D eigenvalue weighted by molar-refractivity contribution is 5.84. The zero-order chi connectivity index (χ0) is 28.7. The molecule has 6 rings (SSSR count). The first-order chi connectivity index (χ1) is 20.7. The fraction of sp³-hybridized carbons (Fsp3) is 0.371. The van der Waals surface area contributed by atoms with Crippen molar-refractivity contribution in [3.8, 4) is 5.75 Å². The molecule has 1 aromatic heterocycles. The summed E-state index contributed by atoms with van der Waals surface area (Å²) in [6, 6.07) is 31.2. The van der Waals surface area contributed by atoms with Gasteiger partial charge in [0.05, 0.1) is 17.5 Å². The number of piperidine rings is 1. The number of piperazine rings is 1. The molecule has 3 heterocycles. The number of β-amino-alcohol motifs (C(OH)–C–C–N with tert-alkyl or cyclic N) is 1. The summed E-state index contributed by atoms with van der Waals surface area (Å²) < 4.78 is 5.99. The number of benzene rings is 3. The molecule has 0 saturated carbocycles. The number of hydrogen-bond donors (Lipinski definition) is 1. The SMILES string of the molecule is O=C(C1CCCN(CC(O)COc2cccc3ncccc23)C1)N1CCN(C(c2ccccc2)c2ccccc2)CC1. The average Bonchev–Trinajstić information content (AvgIpc) is 3.05. The largest absolute Gasteiger partial charge is 0.490 e. The second-order valence-electron chi connectivity index (χ2n) is 11.5. The number of aliphatic hydroxyl groups is 1. The number of aromatic nitrogens is 1. The minimum Gasteiger partial charge on any atom is -0.490 e. The normalized spacial score (nSPS) is 19.2. The quantitative estimate of drug-likeness (QED) is 0.320. The number of hydrogen-bond acceptors (Lipinski definition) is 6. The van der Waals surface area contributed by atoms with Crippen molar-refractivity contribution < 1.29 is 14.6 Å². The Bertz CT molecular complexity index is 1400. The van der Waals surface area contributed by atoms with E-state index in [9.17, 15) is 9.90 Å². The van der Waals surface area contributed by atoms with Crippen LogP contribution in [0, 0.1) is 5.92 Å². The van der Waals surface area contributed by atoms with Crippen molar-refractivity contribution in [1.82, 2.24) is 19.7 Å². The Morgan fingerprint density at radius 1 is 0.857 bits per heavy atom. The number of pyridine rings is 1. The van der Waals surface area contributed by atoms with E-state index < -0.39 is 6.10 Å². The molecule has 2 unspecified atom stereocenters. The molecule has 0 spiro atoms. The summed E-state index contributed by atoms with van der Waals surface area (Å²) in [5, 5.41) is 11.7. The fourth-order valence-electron chi connectivity index (χ4n) is 6.50. The predicted molar refractivity (Wildman–Crippen MR) is 165 cm³/mol. The lowest BCUT2D eigenvalue weighted by molar-refractivity contribution is -0.139. The molecule has 7 nitrogen and oxygen atoms in total. The van der Waals surface area contributed by atoms with Crippen LogP contribution in [0.2, 0.25) is 0 Å². The van der Waals surface area contributed by atoms with E-state index in [0.29, 0.717) is 13.1 Å². The first-order valence-electron chi connectivity index (χ1n) is 15.2. The Balaban J connectivity index is 1.01. The molecule has 0 bridgehead atoms. The van der Waals surface area contributed by atoms with Crippen molar-refractivity contribution in [2.24, 2.45) is 5.92 Å². The molecule has 218 valence electrons. The maximum absolute atomic E-state index is 13.6. The second kappa shape index (κ2) is 13.5. The minimum absolute atomic E-state index is 0.0263. The number of carbonyl (C=O) groups excluding carboxylic acids is 1. The Hall–Kier alpha value is -3.78. The number of carbonyl (C=O) groups is 1. The highest BCUT2D eigenvalue weighted by Crippen LogP contribution is 2.30. The van der Waals surface area contributed by atoms with Crippen molar-refractivity contribution in [2.75, 3.05) is 52.4 Å². The monoisotopic (exact) mass is 564 g/mol. The Morgan fingerprint density at radius 2 is 1.57 bits per heavy atom. The van der Waals surface area contributed by atoms with Crippen molar-refractivity contribution in [3.05, 3.63) is 108 Å². The summed E-state index contributed by atoms with van der Waals surface area (Å²) in [6.45, 7) is 5.44. The second-order valence-corrected chi connectivity index (χ2v) is 11.5. The van der Waals surface area contributed by atoms with Gasteiger partial charge in [0.25, 0.3) is 0 Å². The molecule has 2 saturated heterocycles. The lowest BCUT2D eigenvalue weighted by atomic mass is 9.94. The van der Waals surface area contributed by atoms with E-state index in [2.05, 4.69) is 80.3 Å². The van der Waals surface area contributed by atoms with Gasteiger partial charge in [0.1, 0.15) is 18.5 Å². The molecule has 2 aliphatic heterocycles. The van der Waals surface area contributed by atoms with E-state index in [4.69, 9.17) is 4.74 Å². The van der Waals surface area contributed by atoms with Gasteiger partial charge >= 0.3 is 0 Å². The minimum atomic E-state index is -0.637. The molecular weight excluding hydrogens is 524 g/mol. The van der Waals surface area contributed by atoms with Gasteiger partial charge in [-0.3, -0.25) is 19.6 Å². The van der Waals surface area contributed by atoms with Gasteiger partial charge < -0.3 is 14.7 Å². The van der Waals surface area contributed by atoms with E-state index in [1.807, 2.05) is 30.3 Å².